The smallest absolute Gasteiger partial charge is 0.328 e. The second kappa shape index (κ2) is 6.04. The minimum atomic E-state index is -1.24. The van der Waals surface area contributed by atoms with Crippen LogP contribution < -0.4 is 10.4 Å². The summed E-state index contributed by atoms with van der Waals surface area (Å²) in [6.07, 6.45) is 3.36. The predicted molar refractivity (Wildman–Crippen MR) is 84.0 cm³/mol. The molecule has 2 heterocycles. The molecule has 0 saturated carbocycles. The molecule has 24 heavy (non-hydrogen) atoms. The number of nitrogens with zero attached hydrogens (tertiary/aromatic N) is 2. The van der Waals surface area contributed by atoms with Gasteiger partial charge in [-0.2, -0.15) is 0 Å². The van der Waals surface area contributed by atoms with E-state index in [4.69, 9.17) is 0 Å². The molecule has 0 bridgehead atoms. The summed E-state index contributed by atoms with van der Waals surface area (Å²) in [5.74, 6) is -1.61. The Morgan fingerprint density at radius 3 is 2.50 bits per heavy atom. The lowest BCUT2D eigenvalue weighted by Crippen LogP contribution is -2.30. The largest absolute Gasteiger partial charge is 0.545 e. The molecular weight excluding hydrogens is 310 g/mol. The molecule has 1 N–H and O–H groups in total. The van der Waals surface area contributed by atoms with Crippen LogP contribution in [0.5, 0.6) is 0 Å². The number of carboxylic acids is 1. The van der Waals surface area contributed by atoms with Crippen LogP contribution in [0, 0.1) is 0 Å². The molecule has 0 spiro atoms. The number of aromatic nitrogens is 1. The topological polar surface area (TPSA) is 94.5 Å². The van der Waals surface area contributed by atoms with Crippen LogP contribution in [0.15, 0.2) is 48.3 Å². The first-order chi connectivity index (χ1) is 11.5. The van der Waals surface area contributed by atoms with Gasteiger partial charge >= 0.3 is 6.03 Å². The van der Waals surface area contributed by atoms with Crippen molar-refractivity contribution in [3.63, 3.8) is 0 Å². The summed E-state index contributed by atoms with van der Waals surface area (Å²) < 4.78 is 1.78. The van der Waals surface area contributed by atoms with Crippen molar-refractivity contribution in [3.8, 4) is 5.69 Å². The zero-order valence-electron chi connectivity index (χ0n) is 12.9. The van der Waals surface area contributed by atoms with Gasteiger partial charge in [-0.05, 0) is 42.8 Å². The second-order valence-corrected chi connectivity index (χ2v) is 5.17. The molecule has 1 aromatic carbocycles. The van der Waals surface area contributed by atoms with Gasteiger partial charge in [-0.25, -0.2) is 4.79 Å². The number of urea groups is 1. The van der Waals surface area contributed by atoms with E-state index in [0.717, 1.165) is 10.6 Å². The standard InChI is InChI=1S/C17H15N3O4/c1-2-19-15(21)14(18-17(19)24)10-13-4-3-9-20(13)12-7-5-11(6-8-12)16(22)23/h3-10H,2H2,1H3,(H,18,24)(H,22,23)/p-1/b14-10+. The quantitative estimate of drug-likeness (QED) is 0.663. The number of carbonyl (C=O) groups is 3. The van der Waals surface area contributed by atoms with E-state index >= 15 is 0 Å². The number of hydrogen-bond acceptors (Lipinski definition) is 4. The lowest BCUT2D eigenvalue weighted by molar-refractivity contribution is -0.255. The summed E-state index contributed by atoms with van der Waals surface area (Å²) in [4.78, 5) is 35.8. The van der Waals surface area contributed by atoms with Crippen LogP contribution in [0.2, 0.25) is 0 Å². The summed E-state index contributed by atoms with van der Waals surface area (Å²) in [5.41, 5.74) is 1.69. The SMILES string of the molecule is CCN1C(=O)N/C(=C/c2cccn2-c2ccc(C(=O)[O-])cc2)C1=O. The Morgan fingerprint density at radius 1 is 1.21 bits per heavy atom. The number of carboxylic acid groups (broad SMARTS) is 1. The van der Waals surface area contributed by atoms with Crippen LogP contribution in [-0.4, -0.2) is 33.9 Å². The van der Waals surface area contributed by atoms with Crippen molar-refractivity contribution < 1.29 is 19.5 Å². The average Bonchev–Trinajstić information content (AvgIpc) is 3.12. The molecule has 2 aromatic rings. The number of benzene rings is 1. The molecule has 0 unspecified atom stereocenters. The fourth-order valence-corrected chi connectivity index (χ4v) is 2.51. The molecule has 1 aliphatic rings. The maximum atomic E-state index is 12.1. The summed E-state index contributed by atoms with van der Waals surface area (Å²) >= 11 is 0. The highest BCUT2D eigenvalue weighted by Gasteiger charge is 2.32. The Labute approximate surface area is 137 Å². The molecule has 1 aliphatic heterocycles. The van der Waals surface area contributed by atoms with Gasteiger partial charge in [0.15, 0.2) is 0 Å². The van der Waals surface area contributed by atoms with Crippen LogP contribution in [0.3, 0.4) is 0 Å². The highest BCUT2D eigenvalue weighted by Crippen LogP contribution is 2.18. The summed E-state index contributed by atoms with van der Waals surface area (Å²) in [6, 6.07) is 9.31. The average molecular weight is 324 g/mol. The second-order valence-electron chi connectivity index (χ2n) is 5.17. The van der Waals surface area contributed by atoms with Crippen molar-refractivity contribution in [3.05, 3.63) is 59.5 Å². The number of likely N-dealkylation sites (N-methyl/N-ethyl adjacent to an activating group) is 1. The van der Waals surface area contributed by atoms with Crippen molar-refractivity contribution in [1.29, 1.82) is 0 Å². The van der Waals surface area contributed by atoms with Crippen molar-refractivity contribution in [1.82, 2.24) is 14.8 Å². The first-order valence-electron chi connectivity index (χ1n) is 7.35. The fraction of sp³-hybridized carbons (Fsp3) is 0.118. The molecule has 3 amide bonds. The number of amides is 3. The Hall–Kier alpha value is -3.35. The third kappa shape index (κ3) is 2.67. The molecule has 3 rings (SSSR count). The van der Waals surface area contributed by atoms with E-state index in [1.807, 2.05) is 0 Å². The van der Waals surface area contributed by atoms with Gasteiger partial charge < -0.3 is 19.8 Å². The highest BCUT2D eigenvalue weighted by molar-refractivity contribution is 6.13. The van der Waals surface area contributed by atoms with Crippen LogP contribution in [0.4, 0.5) is 4.79 Å². The van der Waals surface area contributed by atoms with Gasteiger partial charge in [-0.1, -0.05) is 12.1 Å². The van der Waals surface area contributed by atoms with E-state index in [1.54, 1.807) is 48.0 Å². The van der Waals surface area contributed by atoms with E-state index in [0.29, 0.717) is 12.2 Å². The number of nitrogens with one attached hydrogen (secondary N) is 1. The normalized spacial score (nSPS) is 15.9. The maximum Gasteiger partial charge on any atom is 0.328 e. The molecule has 1 saturated heterocycles. The highest BCUT2D eigenvalue weighted by atomic mass is 16.4. The van der Waals surface area contributed by atoms with E-state index in [9.17, 15) is 19.5 Å². The zero-order chi connectivity index (χ0) is 17.3. The monoisotopic (exact) mass is 324 g/mol. The molecule has 0 aliphatic carbocycles. The van der Waals surface area contributed by atoms with Crippen LogP contribution in [0.25, 0.3) is 11.8 Å². The lowest BCUT2D eigenvalue weighted by atomic mass is 10.2. The first-order valence-corrected chi connectivity index (χ1v) is 7.35. The van der Waals surface area contributed by atoms with Crippen LogP contribution >= 0.6 is 0 Å². The van der Waals surface area contributed by atoms with Crippen molar-refractivity contribution in [2.45, 2.75) is 6.92 Å². The van der Waals surface area contributed by atoms with Gasteiger partial charge in [0.2, 0.25) is 0 Å². The first kappa shape index (κ1) is 15.5. The number of imide groups is 1. The third-order valence-corrected chi connectivity index (χ3v) is 3.73. The van der Waals surface area contributed by atoms with Gasteiger partial charge in [-0.15, -0.1) is 0 Å². The van der Waals surface area contributed by atoms with E-state index in [1.165, 1.54) is 12.1 Å². The molecule has 7 heteroatoms. The summed E-state index contributed by atoms with van der Waals surface area (Å²) in [7, 11) is 0. The predicted octanol–water partition coefficient (Wildman–Crippen LogP) is 0.753. The molecule has 1 aromatic heterocycles. The van der Waals surface area contributed by atoms with Gasteiger partial charge in [-0.3, -0.25) is 9.69 Å². The van der Waals surface area contributed by atoms with Gasteiger partial charge in [0.05, 0.1) is 5.97 Å². The van der Waals surface area contributed by atoms with Crippen LogP contribution in [-0.2, 0) is 4.79 Å². The molecule has 0 atom stereocenters. The number of aromatic carboxylic acids is 1. The van der Waals surface area contributed by atoms with E-state index < -0.39 is 12.0 Å². The number of carbonyl (C=O) groups excluding carboxylic acids is 3. The fourth-order valence-electron chi connectivity index (χ4n) is 2.51. The lowest BCUT2D eigenvalue weighted by Gasteiger charge is -2.09. The molecule has 7 nitrogen and oxygen atoms in total. The van der Waals surface area contributed by atoms with E-state index in [2.05, 4.69) is 5.32 Å². The Bertz CT molecular complexity index is 849. The van der Waals surface area contributed by atoms with Crippen LogP contribution in [0.1, 0.15) is 23.0 Å². The molecule has 122 valence electrons. The number of hydrogen-bond donors (Lipinski definition) is 1. The van der Waals surface area contributed by atoms with Gasteiger partial charge in [0, 0.05) is 24.1 Å². The minimum absolute atomic E-state index is 0.0858. The minimum Gasteiger partial charge on any atom is -0.545 e. The molecule has 1 fully saturated rings. The molecule has 0 radical (unpaired) electrons. The third-order valence-electron chi connectivity index (χ3n) is 3.73. The zero-order valence-corrected chi connectivity index (χ0v) is 12.9. The van der Waals surface area contributed by atoms with Crippen molar-refractivity contribution in [2.75, 3.05) is 6.54 Å². The van der Waals surface area contributed by atoms with Crippen molar-refractivity contribution in [2.24, 2.45) is 0 Å². The summed E-state index contributed by atoms with van der Waals surface area (Å²) in [6.45, 7) is 2.02. The molecular formula is C17H14N3O4-. The Balaban J connectivity index is 1.94. The van der Waals surface area contributed by atoms with Crippen molar-refractivity contribution >= 4 is 24.0 Å². The van der Waals surface area contributed by atoms with Gasteiger partial charge in [0.1, 0.15) is 5.70 Å². The summed E-state index contributed by atoms with van der Waals surface area (Å²) in [5, 5.41) is 13.4. The Kier molecular flexibility index (Phi) is 3.91. The maximum absolute atomic E-state index is 12.1. The number of rotatable bonds is 4. The Morgan fingerprint density at radius 2 is 1.92 bits per heavy atom. The van der Waals surface area contributed by atoms with Gasteiger partial charge in [0.25, 0.3) is 5.91 Å². The van der Waals surface area contributed by atoms with E-state index in [-0.39, 0.29) is 17.2 Å².